The molecular formula is C46H31NO. The highest BCUT2D eigenvalue weighted by atomic mass is 16.3. The van der Waals surface area contributed by atoms with Crippen molar-refractivity contribution in [3.63, 3.8) is 0 Å². The summed E-state index contributed by atoms with van der Waals surface area (Å²) in [4.78, 5) is 2.36. The predicted octanol–water partition coefficient (Wildman–Crippen LogP) is 13.2. The lowest BCUT2D eigenvalue weighted by atomic mass is 9.95. The van der Waals surface area contributed by atoms with Gasteiger partial charge in [0, 0.05) is 22.3 Å². The van der Waals surface area contributed by atoms with Crippen molar-refractivity contribution in [1.29, 1.82) is 0 Å². The lowest BCUT2D eigenvalue weighted by molar-refractivity contribution is 0.670. The van der Waals surface area contributed by atoms with Crippen molar-refractivity contribution in [2.75, 3.05) is 4.90 Å². The largest absolute Gasteiger partial charge is 0.455 e. The van der Waals surface area contributed by atoms with Gasteiger partial charge in [-0.2, -0.15) is 0 Å². The number of nitrogens with zero attached hydrogens (tertiary/aromatic N) is 1. The third kappa shape index (κ3) is 4.83. The maximum absolute atomic E-state index is 6.84. The Morgan fingerprint density at radius 3 is 1.46 bits per heavy atom. The van der Waals surface area contributed by atoms with Gasteiger partial charge in [-0.05, 0) is 81.1 Å². The molecular weight excluding hydrogens is 583 g/mol. The molecule has 0 saturated carbocycles. The van der Waals surface area contributed by atoms with E-state index in [2.05, 4.69) is 193 Å². The van der Waals surface area contributed by atoms with Gasteiger partial charge in [-0.3, -0.25) is 0 Å². The highest BCUT2D eigenvalue weighted by Gasteiger charge is 2.22. The molecule has 0 bridgehead atoms. The van der Waals surface area contributed by atoms with Crippen LogP contribution in [0.1, 0.15) is 0 Å². The molecule has 1 heterocycles. The van der Waals surface area contributed by atoms with E-state index in [0.717, 1.165) is 50.1 Å². The minimum atomic E-state index is 0.863. The Morgan fingerprint density at radius 2 is 0.875 bits per heavy atom. The average Bonchev–Trinajstić information content (AvgIpc) is 3.54. The Morgan fingerprint density at radius 1 is 0.375 bits per heavy atom. The Labute approximate surface area is 279 Å². The van der Waals surface area contributed by atoms with Crippen LogP contribution < -0.4 is 4.90 Å². The molecule has 0 radical (unpaired) electrons. The highest BCUT2D eigenvalue weighted by Crippen LogP contribution is 2.47. The quantitative estimate of drug-likeness (QED) is 0.185. The molecule has 0 spiro atoms. The number of benzene rings is 8. The number of furan rings is 1. The van der Waals surface area contributed by atoms with Crippen LogP contribution in [-0.2, 0) is 0 Å². The van der Waals surface area contributed by atoms with E-state index in [1.807, 2.05) is 0 Å². The fourth-order valence-corrected chi connectivity index (χ4v) is 6.98. The maximum atomic E-state index is 6.84. The molecule has 226 valence electrons. The fraction of sp³-hybridized carbons (Fsp3) is 0. The van der Waals surface area contributed by atoms with E-state index in [1.165, 1.54) is 33.0 Å². The van der Waals surface area contributed by atoms with E-state index in [-0.39, 0.29) is 0 Å². The van der Waals surface area contributed by atoms with Crippen LogP contribution in [0.2, 0.25) is 0 Å². The Hall–Kier alpha value is -6.38. The lowest BCUT2D eigenvalue weighted by Crippen LogP contribution is -2.10. The summed E-state index contributed by atoms with van der Waals surface area (Å²) in [6.07, 6.45) is 0. The monoisotopic (exact) mass is 613 g/mol. The lowest BCUT2D eigenvalue weighted by Gasteiger charge is -2.26. The van der Waals surface area contributed by atoms with Gasteiger partial charge in [0.1, 0.15) is 11.2 Å². The van der Waals surface area contributed by atoms with Crippen LogP contribution in [0, 0.1) is 0 Å². The zero-order valence-corrected chi connectivity index (χ0v) is 26.3. The SMILES string of the molecule is c1ccc(-c2ccc(N(c3ccc(-c4ccccc4)cc3)c3cccc4oc5c(-c6ccccc6)c6ccccc6cc5c34)cc2)cc1. The summed E-state index contributed by atoms with van der Waals surface area (Å²) in [5.41, 5.74) is 12.0. The third-order valence-corrected chi connectivity index (χ3v) is 9.26. The first-order valence-corrected chi connectivity index (χ1v) is 16.4. The molecule has 48 heavy (non-hydrogen) atoms. The Bertz CT molecular complexity index is 2430. The van der Waals surface area contributed by atoms with E-state index < -0.39 is 0 Å². The second-order valence-corrected chi connectivity index (χ2v) is 12.1. The first-order valence-electron chi connectivity index (χ1n) is 16.4. The van der Waals surface area contributed by atoms with Crippen LogP contribution in [-0.4, -0.2) is 0 Å². The molecule has 1 aromatic heterocycles. The van der Waals surface area contributed by atoms with E-state index in [4.69, 9.17) is 4.42 Å². The molecule has 0 atom stereocenters. The Balaban J connectivity index is 1.28. The molecule has 0 unspecified atom stereocenters. The van der Waals surface area contributed by atoms with Crippen LogP contribution in [0.4, 0.5) is 17.1 Å². The summed E-state index contributed by atoms with van der Waals surface area (Å²) in [7, 11) is 0. The predicted molar refractivity (Wildman–Crippen MR) is 202 cm³/mol. The first-order chi connectivity index (χ1) is 23.8. The molecule has 0 aliphatic carbocycles. The molecule has 0 fully saturated rings. The van der Waals surface area contributed by atoms with Crippen molar-refractivity contribution in [2.24, 2.45) is 0 Å². The molecule has 0 aliphatic rings. The normalized spacial score (nSPS) is 11.3. The summed E-state index contributed by atoms with van der Waals surface area (Å²) in [6, 6.07) is 66.7. The zero-order valence-electron chi connectivity index (χ0n) is 26.3. The van der Waals surface area contributed by atoms with E-state index in [1.54, 1.807) is 0 Å². The van der Waals surface area contributed by atoms with Gasteiger partial charge >= 0.3 is 0 Å². The second-order valence-electron chi connectivity index (χ2n) is 12.1. The number of rotatable bonds is 6. The van der Waals surface area contributed by atoms with E-state index in [9.17, 15) is 0 Å². The van der Waals surface area contributed by atoms with Gasteiger partial charge in [0.25, 0.3) is 0 Å². The highest BCUT2D eigenvalue weighted by molar-refractivity contribution is 6.21. The molecule has 9 rings (SSSR count). The summed E-state index contributed by atoms with van der Waals surface area (Å²) in [5.74, 6) is 0. The molecule has 0 N–H and O–H groups in total. The fourth-order valence-electron chi connectivity index (χ4n) is 6.98. The molecule has 0 aliphatic heterocycles. The summed E-state index contributed by atoms with van der Waals surface area (Å²) >= 11 is 0. The third-order valence-electron chi connectivity index (χ3n) is 9.26. The topological polar surface area (TPSA) is 16.4 Å². The molecule has 9 aromatic rings. The minimum Gasteiger partial charge on any atom is -0.455 e. The number of anilines is 3. The van der Waals surface area contributed by atoms with Crippen molar-refractivity contribution >= 4 is 49.8 Å². The molecule has 0 saturated heterocycles. The summed E-state index contributed by atoms with van der Waals surface area (Å²) in [6.45, 7) is 0. The van der Waals surface area contributed by atoms with Crippen LogP contribution in [0.3, 0.4) is 0 Å². The van der Waals surface area contributed by atoms with Crippen molar-refractivity contribution in [2.45, 2.75) is 0 Å². The Kier molecular flexibility index (Phi) is 6.84. The number of hydrogen-bond donors (Lipinski definition) is 0. The number of hydrogen-bond acceptors (Lipinski definition) is 2. The van der Waals surface area contributed by atoms with E-state index in [0.29, 0.717) is 0 Å². The van der Waals surface area contributed by atoms with Gasteiger partial charge < -0.3 is 9.32 Å². The van der Waals surface area contributed by atoms with Gasteiger partial charge in [0.05, 0.1) is 11.1 Å². The second kappa shape index (κ2) is 11.8. The minimum absolute atomic E-state index is 0.863. The average molecular weight is 614 g/mol. The first kappa shape index (κ1) is 27.9. The molecule has 2 nitrogen and oxygen atoms in total. The number of fused-ring (bicyclic) bond motifs is 4. The van der Waals surface area contributed by atoms with Crippen LogP contribution >= 0.6 is 0 Å². The van der Waals surface area contributed by atoms with Crippen LogP contribution in [0.15, 0.2) is 192 Å². The van der Waals surface area contributed by atoms with Crippen molar-refractivity contribution in [3.05, 3.63) is 188 Å². The van der Waals surface area contributed by atoms with Gasteiger partial charge in [0.15, 0.2) is 0 Å². The summed E-state index contributed by atoms with van der Waals surface area (Å²) < 4.78 is 6.84. The molecule has 0 amide bonds. The van der Waals surface area contributed by atoms with Crippen molar-refractivity contribution in [1.82, 2.24) is 0 Å². The van der Waals surface area contributed by atoms with Crippen molar-refractivity contribution in [3.8, 4) is 33.4 Å². The molecule has 8 aromatic carbocycles. The van der Waals surface area contributed by atoms with Gasteiger partial charge in [-0.25, -0.2) is 0 Å². The maximum Gasteiger partial charge on any atom is 0.143 e. The van der Waals surface area contributed by atoms with Crippen LogP contribution in [0.25, 0.3) is 66.1 Å². The summed E-state index contributed by atoms with van der Waals surface area (Å²) in [5, 5.41) is 4.56. The van der Waals surface area contributed by atoms with Gasteiger partial charge in [0.2, 0.25) is 0 Å². The standard InChI is InChI=1S/C46H31NO/c1-4-13-32(14-5-1)34-23-27-38(28-24-34)47(39-29-25-35(26-30-39)33-15-6-2-7-16-33)42-21-12-22-43-45(42)41-31-37-19-10-11-20-40(37)44(46(41)48-43)36-17-8-3-9-18-36/h1-31H. The van der Waals surface area contributed by atoms with Gasteiger partial charge in [-0.15, -0.1) is 0 Å². The van der Waals surface area contributed by atoms with Crippen molar-refractivity contribution < 1.29 is 4.42 Å². The zero-order chi connectivity index (χ0) is 31.9. The van der Waals surface area contributed by atoms with Gasteiger partial charge in [-0.1, -0.05) is 146 Å². The van der Waals surface area contributed by atoms with Crippen LogP contribution in [0.5, 0.6) is 0 Å². The molecule has 2 heteroatoms. The smallest absolute Gasteiger partial charge is 0.143 e. The van der Waals surface area contributed by atoms with E-state index >= 15 is 0 Å².